The summed E-state index contributed by atoms with van der Waals surface area (Å²) in [5, 5.41) is 0. The second-order valence-electron chi connectivity index (χ2n) is 5.64. The molecule has 4 atom stereocenters. The van der Waals surface area contributed by atoms with Gasteiger partial charge in [0.1, 0.15) is 0 Å². The van der Waals surface area contributed by atoms with Gasteiger partial charge in [-0.3, -0.25) is 4.90 Å². The standard InChI is InChI=1S/C16H25BrN2O/c1-4-14(18)16(12-7-5-6-8-13(12)17)19(3)15-9-10-20-11(15)2/h5-8,11,14-16H,4,9-10,18H2,1-3H3. The maximum Gasteiger partial charge on any atom is 0.0703 e. The van der Waals surface area contributed by atoms with Crippen molar-refractivity contribution in [3.8, 4) is 0 Å². The summed E-state index contributed by atoms with van der Waals surface area (Å²) in [7, 11) is 2.18. The normalized spacial score (nSPS) is 25.9. The second-order valence-corrected chi connectivity index (χ2v) is 6.49. The zero-order valence-corrected chi connectivity index (χ0v) is 14.1. The van der Waals surface area contributed by atoms with Gasteiger partial charge in [-0.25, -0.2) is 0 Å². The quantitative estimate of drug-likeness (QED) is 0.893. The smallest absolute Gasteiger partial charge is 0.0703 e. The number of rotatable bonds is 5. The van der Waals surface area contributed by atoms with Crippen molar-refractivity contribution in [2.45, 2.75) is 50.9 Å². The lowest BCUT2D eigenvalue weighted by Crippen LogP contribution is -2.46. The van der Waals surface area contributed by atoms with E-state index in [1.165, 1.54) is 5.56 Å². The molecule has 1 heterocycles. The molecule has 3 nitrogen and oxygen atoms in total. The molecule has 2 N–H and O–H groups in total. The molecule has 1 fully saturated rings. The Kier molecular flexibility index (Phi) is 5.61. The third-order valence-corrected chi connectivity index (χ3v) is 5.12. The van der Waals surface area contributed by atoms with Gasteiger partial charge < -0.3 is 10.5 Å². The fraction of sp³-hybridized carbons (Fsp3) is 0.625. The Hall–Kier alpha value is -0.420. The van der Waals surface area contributed by atoms with Gasteiger partial charge in [-0.2, -0.15) is 0 Å². The Bertz CT molecular complexity index is 440. The summed E-state index contributed by atoms with van der Waals surface area (Å²) in [5.41, 5.74) is 7.70. The zero-order chi connectivity index (χ0) is 14.7. The predicted octanol–water partition coefficient (Wildman–Crippen LogP) is 3.34. The predicted molar refractivity (Wildman–Crippen MR) is 86.7 cm³/mol. The van der Waals surface area contributed by atoms with Crippen molar-refractivity contribution in [1.82, 2.24) is 4.90 Å². The highest BCUT2D eigenvalue weighted by Crippen LogP contribution is 2.34. The number of nitrogens with two attached hydrogens (primary N) is 1. The van der Waals surface area contributed by atoms with Crippen LogP contribution >= 0.6 is 15.9 Å². The summed E-state index contributed by atoms with van der Waals surface area (Å²) in [6, 6.07) is 9.15. The molecule has 0 radical (unpaired) electrons. The van der Waals surface area contributed by atoms with Crippen LogP contribution in [-0.4, -0.2) is 36.7 Å². The van der Waals surface area contributed by atoms with Crippen LogP contribution < -0.4 is 5.73 Å². The first-order valence-corrected chi connectivity index (χ1v) is 8.19. The van der Waals surface area contributed by atoms with Crippen LogP contribution in [0, 0.1) is 0 Å². The SMILES string of the molecule is CCC(N)C(c1ccccc1Br)N(C)C1CCOC1C. The van der Waals surface area contributed by atoms with Crippen molar-refractivity contribution >= 4 is 15.9 Å². The molecule has 1 aliphatic heterocycles. The summed E-state index contributed by atoms with van der Waals surface area (Å²) in [6.07, 6.45) is 2.31. The first kappa shape index (κ1) is 16.0. The molecular weight excluding hydrogens is 316 g/mol. The Balaban J connectivity index is 2.30. The molecule has 1 aliphatic rings. The molecular formula is C16H25BrN2O. The van der Waals surface area contributed by atoms with Crippen LogP contribution in [0.1, 0.15) is 38.3 Å². The minimum atomic E-state index is 0.117. The summed E-state index contributed by atoms with van der Waals surface area (Å²) in [5.74, 6) is 0. The van der Waals surface area contributed by atoms with Crippen molar-refractivity contribution in [2.24, 2.45) is 5.73 Å². The van der Waals surface area contributed by atoms with Crippen LogP contribution in [-0.2, 0) is 4.74 Å². The van der Waals surface area contributed by atoms with Gasteiger partial charge in [-0.15, -0.1) is 0 Å². The lowest BCUT2D eigenvalue weighted by atomic mass is 9.94. The largest absolute Gasteiger partial charge is 0.377 e. The van der Waals surface area contributed by atoms with E-state index in [9.17, 15) is 0 Å². The number of halogens is 1. The molecule has 0 aromatic heterocycles. The fourth-order valence-corrected chi connectivity index (χ4v) is 3.67. The molecule has 0 aliphatic carbocycles. The van der Waals surface area contributed by atoms with Crippen LogP contribution in [0.15, 0.2) is 28.7 Å². The number of benzene rings is 1. The second kappa shape index (κ2) is 7.03. The van der Waals surface area contributed by atoms with Gasteiger partial charge in [-0.05, 0) is 38.4 Å². The van der Waals surface area contributed by atoms with Crippen molar-refractivity contribution in [1.29, 1.82) is 0 Å². The van der Waals surface area contributed by atoms with Crippen molar-refractivity contribution in [3.63, 3.8) is 0 Å². The van der Waals surface area contributed by atoms with Crippen LogP contribution in [0.3, 0.4) is 0 Å². The molecule has 0 amide bonds. The Labute approximate surface area is 130 Å². The van der Waals surface area contributed by atoms with Gasteiger partial charge in [-0.1, -0.05) is 41.1 Å². The van der Waals surface area contributed by atoms with Gasteiger partial charge in [0.25, 0.3) is 0 Å². The van der Waals surface area contributed by atoms with E-state index in [0.29, 0.717) is 6.04 Å². The number of ether oxygens (including phenoxy) is 1. The highest BCUT2D eigenvalue weighted by Gasteiger charge is 2.35. The minimum Gasteiger partial charge on any atom is -0.377 e. The molecule has 0 saturated carbocycles. The maximum atomic E-state index is 6.43. The van der Waals surface area contributed by atoms with Crippen LogP contribution in [0.5, 0.6) is 0 Å². The topological polar surface area (TPSA) is 38.5 Å². The number of hydrogen-bond acceptors (Lipinski definition) is 3. The highest BCUT2D eigenvalue weighted by atomic mass is 79.9. The molecule has 1 aromatic rings. The molecule has 112 valence electrons. The fourth-order valence-electron chi connectivity index (χ4n) is 3.15. The van der Waals surface area contributed by atoms with E-state index in [4.69, 9.17) is 10.5 Å². The summed E-state index contributed by atoms with van der Waals surface area (Å²) < 4.78 is 6.85. The van der Waals surface area contributed by atoms with Crippen molar-refractivity contribution in [3.05, 3.63) is 34.3 Å². The first-order chi connectivity index (χ1) is 9.56. The van der Waals surface area contributed by atoms with Gasteiger partial charge in [0.05, 0.1) is 12.1 Å². The lowest BCUT2D eigenvalue weighted by Gasteiger charge is -2.38. The van der Waals surface area contributed by atoms with E-state index in [1.807, 2.05) is 6.07 Å². The lowest BCUT2D eigenvalue weighted by molar-refractivity contribution is 0.0607. The van der Waals surface area contributed by atoms with E-state index in [2.05, 4.69) is 59.9 Å². The Morgan fingerprint density at radius 2 is 2.15 bits per heavy atom. The van der Waals surface area contributed by atoms with Gasteiger partial charge >= 0.3 is 0 Å². The zero-order valence-electron chi connectivity index (χ0n) is 12.6. The molecule has 2 rings (SSSR count). The van der Waals surface area contributed by atoms with Crippen LogP contribution in [0.2, 0.25) is 0 Å². The number of likely N-dealkylation sites (N-methyl/N-ethyl adjacent to an activating group) is 1. The van der Waals surface area contributed by atoms with E-state index in [0.717, 1.165) is 23.9 Å². The van der Waals surface area contributed by atoms with Gasteiger partial charge in [0.15, 0.2) is 0 Å². The van der Waals surface area contributed by atoms with E-state index in [-0.39, 0.29) is 18.2 Å². The van der Waals surface area contributed by atoms with Gasteiger partial charge in [0, 0.05) is 23.2 Å². The highest BCUT2D eigenvalue weighted by molar-refractivity contribution is 9.10. The minimum absolute atomic E-state index is 0.117. The third-order valence-electron chi connectivity index (χ3n) is 4.40. The molecule has 0 bridgehead atoms. The first-order valence-electron chi connectivity index (χ1n) is 7.39. The molecule has 1 saturated heterocycles. The Morgan fingerprint density at radius 3 is 2.70 bits per heavy atom. The number of nitrogens with zero attached hydrogens (tertiary/aromatic N) is 1. The van der Waals surface area contributed by atoms with E-state index in [1.54, 1.807) is 0 Å². The van der Waals surface area contributed by atoms with Crippen molar-refractivity contribution < 1.29 is 4.74 Å². The van der Waals surface area contributed by atoms with Gasteiger partial charge in [0.2, 0.25) is 0 Å². The van der Waals surface area contributed by atoms with E-state index < -0.39 is 0 Å². The molecule has 4 heteroatoms. The third kappa shape index (κ3) is 3.25. The average molecular weight is 341 g/mol. The summed E-state index contributed by atoms with van der Waals surface area (Å²) >= 11 is 3.67. The van der Waals surface area contributed by atoms with E-state index >= 15 is 0 Å². The monoisotopic (exact) mass is 340 g/mol. The van der Waals surface area contributed by atoms with Crippen LogP contribution in [0.25, 0.3) is 0 Å². The number of hydrogen-bond donors (Lipinski definition) is 1. The summed E-state index contributed by atoms with van der Waals surface area (Å²) in [4.78, 5) is 2.41. The Morgan fingerprint density at radius 1 is 1.45 bits per heavy atom. The molecule has 1 aromatic carbocycles. The van der Waals surface area contributed by atoms with Crippen LogP contribution in [0.4, 0.5) is 0 Å². The molecule has 0 spiro atoms. The molecule has 20 heavy (non-hydrogen) atoms. The summed E-state index contributed by atoms with van der Waals surface area (Å²) in [6.45, 7) is 5.15. The average Bonchev–Trinajstić information content (AvgIpc) is 2.87. The maximum absolute atomic E-state index is 6.43. The molecule has 4 unspecified atom stereocenters. The van der Waals surface area contributed by atoms with Crippen molar-refractivity contribution in [2.75, 3.05) is 13.7 Å².